The minimum absolute atomic E-state index is 0.165. The minimum atomic E-state index is 0.165. The van der Waals surface area contributed by atoms with Gasteiger partial charge in [-0.25, -0.2) is 0 Å². The van der Waals surface area contributed by atoms with Crippen molar-refractivity contribution in [1.82, 2.24) is 4.90 Å². The van der Waals surface area contributed by atoms with E-state index in [1.807, 2.05) is 27.0 Å². The average Bonchev–Trinajstić information content (AvgIpc) is 2.59. The van der Waals surface area contributed by atoms with Gasteiger partial charge < -0.3 is 4.90 Å². The molecule has 1 amide bonds. The quantitative estimate of drug-likeness (QED) is 0.747. The Balaban J connectivity index is 0.000000606. The van der Waals surface area contributed by atoms with Gasteiger partial charge in [-0.05, 0) is 23.6 Å². The van der Waals surface area contributed by atoms with Crippen molar-refractivity contribution in [1.29, 1.82) is 0 Å². The highest BCUT2D eigenvalue weighted by Gasteiger charge is 2.23. The Kier molecular flexibility index (Phi) is 4.53. The van der Waals surface area contributed by atoms with Crippen LogP contribution in [0.4, 0.5) is 0 Å². The zero-order chi connectivity index (χ0) is 12.1. The summed E-state index contributed by atoms with van der Waals surface area (Å²) in [5.74, 6) is 0.165. The lowest BCUT2D eigenvalue weighted by Crippen LogP contribution is -2.17. The third kappa shape index (κ3) is 2.43. The molecule has 1 heterocycles. The first-order valence-electron chi connectivity index (χ1n) is 6.09. The Morgan fingerprint density at radius 2 is 2.00 bits per heavy atom. The average molecular weight is 219 g/mol. The molecule has 0 N–H and O–H groups in total. The second-order valence-electron chi connectivity index (χ2n) is 3.90. The fraction of sp³-hybridized carbons (Fsp3) is 0.500. The van der Waals surface area contributed by atoms with Crippen molar-refractivity contribution in [3.05, 3.63) is 34.9 Å². The molecule has 1 aliphatic heterocycles. The third-order valence-corrected chi connectivity index (χ3v) is 2.70. The van der Waals surface area contributed by atoms with E-state index in [-0.39, 0.29) is 5.91 Å². The highest BCUT2D eigenvalue weighted by Crippen LogP contribution is 2.22. The maximum absolute atomic E-state index is 11.7. The normalized spacial score (nSPS) is 13.2. The maximum Gasteiger partial charge on any atom is 0.254 e. The van der Waals surface area contributed by atoms with Crippen molar-refractivity contribution in [3.8, 4) is 0 Å². The van der Waals surface area contributed by atoms with Gasteiger partial charge in [-0.3, -0.25) is 4.79 Å². The summed E-state index contributed by atoms with van der Waals surface area (Å²) < 4.78 is 0. The van der Waals surface area contributed by atoms with Crippen LogP contribution in [0.2, 0.25) is 0 Å². The van der Waals surface area contributed by atoms with Crippen LogP contribution >= 0.6 is 0 Å². The predicted octanol–water partition coefficient (Wildman–Crippen LogP) is 3.25. The number of nitrogens with zero attached hydrogens (tertiary/aromatic N) is 1. The fourth-order valence-corrected chi connectivity index (χ4v) is 1.94. The predicted molar refractivity (Wildman–Crippen MR) is 67.6 cm³/mol. The first kappa shape index (κ1) is 12.8. The Bertz CT molecular complexity index is 371. The molecule has 0 saturated carbocycles. The largest absolute Gasteiger partial charge is 0.337 e. The molecule has 0 spiro atoms. The van der Waals surface area contributed by atoms with Crippen molar-refractivity contribution in [2.45, 2.75) is 40.2 Å². The van der Waals surface area contributed by atoms with Crippen molar-refractivity contribution in [2.75, 3.05) is 7.05 Å². The van der Waals surface area contributed by atoms with Gasteiger partial charge in [0.05, 0.1) is 0 Å². The molecule has 0 fully saturated rings. The zero-order valence-electron chi connectivity index (χ0n) is 10.7. The van der Waals surface area contributed by atoms with Gasteiger partial charge in [-0.2, -0.15) is 0 Å². The Morgan fingerprint density at radius 1 is 1.31 bits per heavy atom. The number of aryl methyl sites for hydroxylation is 1. The van der Waals surface area contributed by atoms with Crippen LogP contribution in [0, 0.1) is 0 Å². The first-order chi connectivity index (χ1) is 7.72. The van der Waals surface area contributed by atoms with Crippen molar-refractivity contribution in [2.24, 2.45) is 0 Å². The molecule has 2 nitrogen and oxygen atoms in total. The highest BCUT2D eigenvalue weighted by molar-refractivity contribution is 5.98. The van der Waals surface area contributed by atoms with Gasteiger partial charge >= 0.3 is 0 Å². The standard InChI is InChI=1S/C12H15NO.C2H6/c1-3-4-9-5-6-10-8-13(2)12(14)11(10)7-9;1-2/h5-7H,3-4,8H2,1-2H3;1-2H3. The van der Waals surface area contributed by atoms with E-state index < -0.39 is 0 Å². The number of fused-ring (bicyclic) bond motifs is 1. The molecule has 0 atom stereocenters. The van der Waals surface area contributed by atoms with Crippen LogP contribution in [0.15, 0.2) is 18.2 Å². The minimum Gasteiger partial charge on any atom is -0.337 e. The molecule has 88 valence electrons. The summed E-state index contributed by atoms with van der Waals surface area (Å²) in [6.45, 7) is 6.92. The van der Waals surface area contributed by atoms with E-state index >= 15 is 0 Å². The molecule has 16 heavy (non-hydrogen) atoms. The number of amides is 1. The van der Waals surface area contributed by atoms with Gasteiger partial charge in [0, 0.05) is 19.2 Å². The van der Waals surface area contributed by atoms with Gasteiger partial charge in [0.2, 0.25) is 0 Å². The highest BCUT2D eigenvalue weighted by atomic mass is 16.2. The van der Waals surface area contributed by atoms with Crippen molar-refractivity contribution in [3.63, 3.8) is 0 Å². The van der Waals surface area contributed by atoms with Crippen LogP contribution in [-0.2, 0) is 13.0 Å². The molecule has 2 heteroatoms. The molecular weight excluding hydrogens is 198 g/mol. The van der Waals surface area contributed by atoms with Crippen LogP contribution in [-0.4, -0.2) is 17.9 Å². The fourth-order valence-electron chi connectivity index (χ4n) is 1.94. The Hall–Kier alpha value is -1.31. The van der Waals surface area contributed by atoms with E-state index in [9.17, 15) is 4.79 Å². The molecule has 0 aliphatic carbocycles. The van der Waals surface area contributed by atoms with Gasteiger partial charge in [0.1, 0.15) is 0 Å². The molecule has 1 aromatic carbocycles. The molecule has 0 saturated heterocycles. The topological polar surface area (TPSA) is 20.3 Å². The second kappa shape index (κ2) is 5.69. The third-order valence-electron chi connectivity index (χ3n) is 2.70. The van der Waals surface area contributed by atoms with E-state index in [4.69, 9.17) is 0 Å². The van der Waals surface area contributed by atoms with Crippen molar-refractivity contribution < 1.29 is 4.79 Å². The van der Waals surface area contributed by atoms with Gasteiger partial charge in [0.15, 0.2) is 0 Å². The number of carbonyl (C=O) groups excluding carboxylic acids is 1. The van der Waals surface area contributed by atoms with E-state index in [1.54, 1.807) is 4.90 Å². The molecule has 1 aromatic rings. The van der Waals surface area contributed by atoms with Crippen LogP contribution in [0.25, 0.3) is 0 Å². The smallest absolute Gasteiger partial charge is 0.254 e. The summed E-state index contributed by atoms with van der Waals surface area (Å²) >= 11 is 0. The monoisotopic (exact) mass is 219 g/mol. The number of rotatable bonds is 2. The van der Waals surface area contributed by atoms with Crippen LogP contribution in [0.1, 0.15) is 48.7 Å². The molecule has 0 unspecified atom stereocenters. The molecular formula is C14H21NO. The van der Waals surface area contributed by atoms with Crippen LogP contribution in [0.5, 0.6) is 0 Å². The van der Waals surface area contributed by atoms with Crippen LogP contribution in [0.3, 0.4) is 0 Å². The van der Waals surface area contributed by atoms with Gasteiger partial charge in [-0.1, -0.05) is 39.3 Å². The van der Waals surface area contributed by atoms with Crippen LogP contribution < -0.4 is 0 Å². The van der Waals surface area contributed by atoms with E-state index in [2.05, 4.69) is 19.1 Å². The molecule has 1 aliphatic rings. The first-order valence-corrected chi connectivity index (χ1v) is 6.09. The van der Waals surface area contributed by atoms with Gasteiger partial charge in [0.25, 0.3) is 5.91 Å². The number of hydrogen-bond donors (Lipinski definition) is 0. The molecule has 2 rings (SSSR count). The summed E-state index contributed by atoms with van der Waals surface area (Å²) in [7, 11) is 1.85. The SMILES string of the molecule is CC.CCCc1ccc2c(c1)C(=O)N(C)C2. The molecule has 0 bridgehead atoms. The summed E-state index contributed by atoms with van der Waals surface area (Å²) in [5, 5.41) is 0. The number of carbonyl (C=O) groups is 1. The Morgan fingerprint density at radius 3 is 2.62 bits per heavy atom. The lowest BCUT2D eigenvalue weighted by Gasteiger charge is -2.04. The lowest BCUT2D eigenvalue weighted by atomic mass is 10.0. The summed E-state index contributed by atoms with van der Waals surface area (Å²) in [6.07, 6.45) is 2.19. The molecule has 0 radical (unpaired) electrons. The van der Waals surface area contributed by atoms with Crippen molar-refractivity contribution >= 4 is 5.91 Å². The molecule has 0 aromatic heterocycles. The second-order valence-corrected chi connectivity index (χ2v) is 3.90. The summed E-state index contributed by atoms with van der Waals surface area (Å²) in [4.78, 5) is 13.4. The zero-order valence-corrected chi connectivity index (χ0v) is 10.7. The van der Waals surface area contributed by atoms with E-state index in [0.717, 1.165) is 30.5 Å². The number of hydrogen-bond acceptors (Lipinski definition) is 1. The summed E-state index contributed by atoms with van der Waals surface area (Å²) in [6, 6.07) is 6.27. The maximum atomic E-state index is 11.7. The van der Waals surface area contributed by atoms with E-state index in [0.29, 0.717) is 0 Å². The lowest BCUT2D eigenvalue weighted by molar-refractivity contribution is 0.0816. The van der Waals surface area contributed by atoms with E-state index in [1.165, 1.54) is 5.56 Å². The Labute approximate surface area is 98.3 Å². The van der Waals surface area contributed by atoms with Gasteiger partial charge in [-0.15, -0.1) is 0 Å². The summed E-state index contributed by atoms with van der Waals surface area (Å²) in [5.41, 5.74) is 3.34. The number of benzene rings is 1.